The van der Waals surface area contributed by atoms with Gasteiger partial charge in [0.15, 0.2) is 0 Å². The van der Waals surface area contributed by atoms with Gasteiger partial charge in [-0.1, -0.05) is 0 Å². The molecule has 2 saturated heterocycles. The summed E-state index contributed by atoms with van der Waals surface area (Å²) < 4.78 is 1.56. The molecule has 2 fully saturated rings. The van der Waals surface area contributed by atoms with E-state index >= 15 is 0 Å². The molecule has 6 heteroatoms. The Balaban J connectivity index is 1.73. The standard InChI is InChI=1S/C20H31N3O3/c1-14-11-15(2)21(3)19(25)18(14)20(26)23-8-4-5-17(12-23)22-9-6-16(13-24)7-10-22/h11,16-17,24H,4-10,12-13H2,1-3H3/t17-/m0/s1. The molecule has 6 nitrogen and oxygen atoms in total. The molecule has 3 rings (SSSR count). The van der Waals surface area contributed by atoms with E-state index in [1.54, 1.807) is 11.6 Å². The molecule has 1 aromatic heterocycles. The third kappa shape index (κ3) is 3.71. The lowest BCUT2D eigenvalue weighted by Crippen LogP contribution is -2.52. The van der Waals surface area contributed by atoms with Crippen LogP contribution in [-0.2, 0) is 7.05 Å². The van der Waals surface area contributed by atoms with Gasteiger partial charge in [0.25, 0.3) is 11.5 Å². The number of nitrogens with zero attached hydrogens (tertiary/aromatic N) is 3. The summed E-state index contributed by atoms with van der Waals surface area (Å²) >= 11 is 0. The van der Waals surface area contributed by atoms with Gasteiger partial charge in [-0.2, -0.15) is 0 Å². The second-order valence-corrected chi connectivity index (χ2v) is 7.92. The molecule has 0 spiro atoms. The highest BCUT2D eigenvalue weighted by atomic mass is 16.3. The van der Waals surface area contributed by atoms with Crippen LogP contribution in [0.25, 0.3) is 0 Å². The number of rotatable bonds is 3. The maximum atomic E-state index is 13.1. The number of aliphatic hydroxyl groups excluding tert-OH is 1. The second kappa shape index (κ2) is 7.92. The normalized spacial score (nSPS) is 22.6. The minimum absolute atomic E-state index is 0.127. The minimum atomic E-state index is -0.196. The topological polar surface area (TPSA) is 65.8 Å². The lowest BCUT2D eigenvalue weighted by Gasteiger charge is -2.42. The van der Waals surface area contributed by atoms with Crippen LogP contribution in [0.15, 0.2) is 10.9 Å². The molecule has 0 radical (unpaired) electrons. The van der Waals surface area contributed by atoms with Crippen molar-refractivity contribution in [2.45, 2.75) is 45.6 Å². The van der Waals surface area contributed by atoms with Crippen molar-refractivity contribution >= 4 is 5.91 Å². The molecule has 1 amide bonds. The maximum Gasteiger partial charge on any atom is 0.263 e. The van der Waals surface area contributed by atoms with E-state index in [2.05, 4.69) is 4.90 Å². The Morgan fingerprint density at radius 2 is 1.88 bits per heavy atom. The van der Waals surface area contributed by atoms with E-state index in [9.17, 15) is 14.7 Å². The highest BCUT2D eigenvalue weighted by Gasteiger charge is 2.32. The SMILES string of the molecule is Cc1cc(C)n(C)c(=O)c1C(=O)N1CCC[C@H](N2CCC(CO)CC2)C1. The Bertz CT molecular complexity index is 720. The van der Waals surface area contributed by atoms with Gasteiger partial charge in [0, 0.05) is 38.5 Å². The van der Waals surface area contributed by atoms with Gasteiger partial charge in [-0.05, 0) is 70.2 Å². The average Bonchev–Trinajstić information content (AvgIpc) is 2.66. The van der Waals surface area contributed by atoms with Crippen molar-refractivity contribution in [3.8, 4) is 0 Å². The third-order valence-electron chi connectivity index (χ3n) is 6.19. The zero-order valence-corrected chi connectivity index (χ0v) is 16.2. The van der Waals surface area contributed by atoms with Crippen LogP contribution in [0.5, 0.6) is 0 Å². The van der Waals surface area contributed by atoms with Crippen LogP contribution in [0.1, 0.15) is 47.3 Å². The molecule has 0 aliphatic carbocycles. The monoisotopic (exact) mass is 361 g/mol. The molecule has 26 heavy (non-hydrogen) atoms. The van der Waals surface area contributed by atoms with Crippen LogP contribution >= 0.6 is 0 Å². The van der Waals surface area contributed by atoms with Crippen LogP contribution < -0.4 is 5.56 Å². The zero-order valence-electron chi connectivity index (χ0n) is 16.2. The Kier molecular flexibility index (Phi) is 5.82. The molecule has 3 heterocycles. The van der Waals surface area contributed by atoms with Crippen molar-refractivity contribution in [3.05, 3.63) is 33.2 Å². The number of amides is 1. The van der Waals surface area contributed by atoms with Crippen molar-refractivity contribution in [1.29, 1.82) is 0 Å². The van der Waals surface area contributed by atoms with Gasteiger partial charge < -0.3 is 14.6 Å². The number of carbonyl (C=O) groups is 1. The van der Waals surface area contributed by atoms with Gasteiger partial charge in [0.2, 0.25) is 0 Å². The maximum absolute atomic E-state index is 13.1. The highest BCUT2D eigenvalue weighted by molar-refractivity contribution is 5.95. The van der Waals surface area contributed by atoms with E-state index < -0.39 is 0 Å². The Morgan fingerprint density at radius 3 is 2.54 bits per heavy atom. The first-order valence-corrected chi connectivity index (χ1v) is 9.73. The summed E-state index contributed by atoms with van der Waals surface area (Å²) in [7, 11) is 1.72. The molecule has 0 unspecified atom stereocenters. The van der Waals surface area contributed by atoms with Crippen LogP contribution in [-0.4, -0.2) is 64.2 Å². The first-order chi connectivity index (χ1) is 12.4. The molecule has 1 atom stereocenters. The predicted molar refractivity (Wildman–Crippen MR) is 101 cm³/mol. The van der Waals surface area contributed by atoms with Gasteiger partial charge in [0.1, 0.15) is 5.56 Å². The van der Waals surface area contributed by atoms with Gasteiger partial charge >= 0.3 is 0 Å². The van der Waals surface area contributed by atoms with Crippen LogP contribution in [0.2, 0.25) is 0 Å². The van der Waals surface area contributed by atoms with Crippen LogP contribution in [0, 0.1) is 19.8 Å². The lowest BCUT2D eigenvalue weighted by molar-refractivity contribution is 0.0444. The van der Waals surface area contributed by atoms with Crippen molar-refractivity contribution in [2.24, 2.45) is 13.0 Å². The van der Waals surface area contributed by atoms with E-state index in [4.69, 9.17) is 0 Å². The van der Waals surface area contributed by atoms with Crippen molar-refractivity contribution in [2.75, 3.05) is 32.8 Å². The molecule has 0 aromatic carbocycles. The van der Waals surface area contributed by atoms with Crippen molar-refractivity contribution < 1.29 is 9.90 Å². The zero-order chi connectivity index (χ0) is 18.8. The van der Waals surface area contributed by atoms with Crippen LogP contribution in [0.3, 0.4) is 0 Å². The van der Waals surface area contributed by atoms with E-state index in [1.807, 2.05) is 24.8 Å². The molecule has 0 bridgehead atoms. The number of likely N-dealkylation sites (tertiary alicyclic amines) is 2. The molecule has 2 aliphatic rings. The van der Waals surface area contributed by atoms with Gasteiger partial charge in [-0.25, -0.2) is 0 Å². The summed E-state index contributed by atoms with van der Waals surface area (Å²) in [6.07, 6.45) is 4.12. The van der Waals surface area contributed by atoms with Crippen molar-refractivity contribution in [1.82, 2.24) is 14.4 Å². The molecular weight excluding hydrogens is 330 g/mol. The summed E-state index contributed by atoms with van der Waals surface area (Å²) in [5, 5.41) is 9.32. The second-order valence-electron chi connectivity index (χ2n) is 7.92. The summed E-state index contributed by atoms with van der Waals surface area (Å²) in [5.41, 5.74) is 1.75. The van der Waals surface area contributed by atoms with Gasteiger partial charge in [-0.3, -0.25) is 14.5 Å². The van der Waals surface area contributed by atoms with E-state index in [-0.39, 0.29) is 18.1 Å². The molecule has 2 aliphatic heterocycles. The van der Waals surface area contributed by atoms with Gasteiger partial charge in [-0.15, -0.1) is 0 Å². The van der Waals surface area contributed by atoms with Crippen molar-refractivity contribution in [3.63, 3.8) is 0 Å². The fourth-order valence-corrected chi connectivity index (χ4v) is 4.34. The fraction of sp³-hybridized carbons (Fsp3) is 0.700. The summed E-state index contributed by atoms with van der Waals surface area (Å²) in [6.45, 7) is 7.40. The summed E-state index contributed by atoms with van der Waals surface area (Å²) in [4.78, 5) is 30.1. The number of carbonyl (C=O) groups excluding carboxylic acids is 1. The first kappa shape index (κ1) is 19.1. The number of piperidine rings is 2. The first-order valence-electron chi connectivity index (χ1n) is 9.73. The number of hydrogen-bond donors (Lipinski definition) is 1. The lowest BCUT2D eigenvalue weighted by atomic mass is 9.94. The minimum Gasteiger partial charge on any atom is -0.396 e. The van der Waals surface area contributed by atoms with E-state index in [0.717, 1.165) is 56.6 Å². The largest absolute Gasteiger partial charge is 0.396 e. The molecule has 0 saturated carbocycles. The average molecular weight is 361 g/mol. The summed E-state index contributed by atoms with van der Waals surface area (Å²) in [5.74, 6) is 0.295. The van der Waals surface area contributed by atoms with Crippen LogP contribution in [0.4, 0.5) is 0 Å². The Labute approximate surface area is 155 Å². The molecule has 1 N–H and O–H groups in total. The molecular formula is C20H31N3O3. The number of aliphatic hydroxyl groups is 1. The summed E-state index contributed by atoms with van der Waals surface area (Å²) in [6, 6.07) is 2.28. The Hall–Kier alpha value is -1.66. The quantitative estimate of drug-likeness (QED) is 0.882. The number of pyridine rings is 1. The highest BCUT2D eigenvalue weighted by Crippen LogP contribution is 2.24. The third-order valence-corrected chi connectivity index (χ3v) is 6.19. The smallest absolute Gasteiger partial charge is 0.263 e. The van der Waals surface area contributed by atoms with E-state index in [0.29, 0.717) is 24.1 Å². The molecule has 1 aromatic rings. The Morgan fingerprint density at radius 1 is 1.19 bits per heavy atom. The van der Waals surface area contributed by atoms with Gasteiger partial charge in [0.05, 0.1) is 0 Å². The fourth-order valence-electron chi connectivity index (χ4n) is 4.34. The number of aromatic nitrogens is 1. The molecule has 144 valence electrons. The number of aryl methyl sites for hydroxylation is 2. The predicted octanol–water partition coefficient (Wildman–Crippen LogP) is 1.31. The number of hydrogen-bond acceptors (Lipinski definition) is 4. The van der Waals surface area contributed by atoms with E-state index in [1.165, 1.54) is 0 Å².